The number of amides is 2. The van der Waals surface area contributed by atoms with Crippen LogP contribution in [0.15, 0.2) is 12.1 Å². The molecule has 6 aliphatic rings. The number of carbonyl (C=O) groups is 2. The largest absolute Gasteiger partial charge is 0.410 e. The molecule has 2 aliphatic heterocycles. The van der Waals surface area contributed by atoms with Crippen LogP contribution >= 0.6 is 0 Å². The molecule has 3 unspecified atom stereocenters. The predicted octanol–water partition coefficient (Wildman–Crippen LogP) is 3.35. The van der Waals surface area contributed by atoms with E-state index in [0.717, 1.165) is 57.9 Å². The second kappa shape index (κ2) is 7.57. The standard InChI is InChI=1S/C26H34FN3O4/c1-15-20(34-24(28)33)4-3-19(21(15)27)29-7-2-5-25(14-29)6-8-30(23(25)32)26-11-16-9-17(12-26)22(31)18(10-16)13-26/h3-4,16-18,22,31H,2,5-14H2,1H3,(H2,28,33). The van der Waals surface area contributed by atoms with E-state index in [1.54, 1.807) is 19.1 Å². The van der Waals surface area contributed by atoms with E-state index in [1.807, 2.05) is 4.90 Å². The van der Waals surface area contributed by atoms with Crippen molar-refractivity contribution in [3.8, 4) is 5.75 Å². The highest BCUT2D eigenvalue weighted by Gasteiger charge is 2.62. The van der Waals surface area contributed by atoms with E-state index < -0.39 is 17.3 Å². The Hall–Kier alpha value is -2.35. The quantitative estimate of drug-likeness (QED) is 0.705. The lowest BCUT2D eigenvalue weighted by Crippen LogP contribution is -2.65. The third-order valence-electron chi connectivity index (χ3n) is 9.72. The van der Waals surface area contributed by atoms with Crippen molar-refractivity contribution >= 4 is 17.7 Å². The van der Waals surface area contributed by atoms with Gasteiger partial charge in [-0.05, 0) is 88.2 Å². The highest BCUT2D eigenvalue weighted by molar-refractivity contribution is 5.87. The zero-order chi connectivity index (χ0) is 23.8. The van der Waals surface area contributed by atoms with Gasteiger partial charge >= 0.3 is 6.09 Å². The van der Waals surface area contributed by atoms with Crippen LogP contribution in [0.1, 0.15) is 56.9 Å². The molecule has 8 heteroatoms. The first-order chi connectivity index (χ1) is 16.2. The minimum absolute atomic E-state index is 0.0891. The summed E-state index contributed by atoms with van der Waals surface area (Å²) in [6.07, 6.45) is 6.44. The van der Waals surface area contributed by atoms with Gasteiger partial charge in [-0.2, -0.15) is 0 Å². The zero-order valence-electron chi connectivity index (χ0n) is 19.8. The molecule has 2 amide bonds. The van der Waals surface area contributed by atoms with Crippen molar-refractivity contribution in [3.63, 3.8) is 0 Å². The maximum absolute atomic E-state index is 15.3. The Kier molecular flexibility index (Phi) is 4.93. The number of piperidine rings is 1. The molecule has 34 heavy (non-hydrogen) atoms. The van der Waals surface area contributed by atoms with E-state index in [1.165, 1.54) is 0 Å². The highest BCUT2D eigenvalue weighted by Crippen LogP contribution is 2.59. The molecule has 4 bridgehead atoms. The molecule has 0 aromatic heterocycles. The number of likely N-dealkylation sites (tertiary alicyclic amines) is 1. The molecule has 4 aliphatic carbocycles. The molecule has 7 rings (SSSR count). The van der Waals surface area contributed by atoms with E-state index in [-0.39, 0.29) is 28.9 Å². The number of benzene rings is 1. The smallest absolute Gasteiger partial charge is 0.409 e. The normalized spacial score (nSPS) is 38.7. The van der Waals surface area contributed by atoms with Crippen LogP contribution in [-0.2, 0) is 4.79 Å². The number of anilines is 1. The maximum atomic E-state index is 15.3. The monoisotopic (exact) mass is 471 g/mol. The van der Waals surface area contributed by atoms with Crippen molar-refractivity contribution < 1.29 is 23.8 Å². The molecule has 4 saturated carbocycles. The number of carbonyl (C=O) groups excluding carboxylic acids is 2. The van der Waals surface area contributed by atoms with Crippen LogP contribution in [0, 0.1) is 35.9 Å². The lowest BCUT2D eigenvalue weighted by Gasteiger charge is -2.61. The van der Waals surface area contributed by atoms with Gasteiger partial charge in [-0.3, -0.25) is 4.79 Å². The highest BCUT2D eigenvalue weighted by atomic mass is 19.1. The zero-order valence-corrected chi connectivity index (χ0v) is 19.8. The van der Waals surface area contributed by atoms with Crippen LogP contribution in [0.3, 0.4) is 0 Å². The molecule has 1 spiro atoms. The summed E-state index contributed by atoms with van der Waals surface area (Å²) in [6, 6.07) is 3.20. The van der Waals surface area contributed by atoms with Gasteiger partial charge in [-0.25, -0.2) is 9.18 Å². The van der Waals surface area contributed by atoms with Crippen molar-refractivity contribution in [2.45, 2.75) is 69.9 Å². The van der Waals surface area contributed by atoms with Gasteiger partial charge in [-0.15, -0.1) is 0 Å². The number of ether oxygens (including phenoxy) is 1. The van der Waals surface area contributed by atoms with Crippen LogP contribution in [0.2, 0.25) is 0 Å². The first-order valence-corrected chi connectivity index (χ1v) is 12.7. The van der Waals surface area contributed by atoms with Gasteiger partial charge in [0.25, 0.3) is 0 Å². The third-order valence-corrected chi connectivity index (χ3v) is 9.72. The van der Waals surface area contributed by atoms with Gasteiger partial charge in [-0.1, -0.05) is 0 Å². The van der Waals surface area contributed by atoms with Gasteiger partial charge in [0.2, 0.25) is 5.91 Å². The summed E-state index contributed by atoms with van der Waals surface area (Å²) >= 11 is 0. The number of nitrogens with two attached hydrogens (primary N) is 1. The number of halogens is 1. The molecule has 3 atom stereocenters. The van der Waals surface area contributed by atoms with Gasteiger partial charge in [0.05, 0.1) is 17.2 Å². The van der Waals surface area contributed by atoms with Crippen molar-refractivity contribution in [1.82, 2.24) is 4.90 Å². The molecular formula is C26H34FN3O4. The average Bonchev–Trinajstić information content (AvgIpc) is 3.10. The predicted molar refractivity (Wildman–Crippen MR) is 124 cm³/mol. The molecule has 3 N–H and O–H groups in total. The number of hydrogen-bond acceptors (Lipinski definition) is 5. The summed E-state index contributed by atoms with van der Waals surface area (Å²) in [4.78, 5) is 29.4. The number of aliphatic hydroxyl groups is 1. The molecule has 7 nitrogen and oxygen atoms in total. The van der Waals surface area contributed by atoms with Crippen LogP contribution < -0.4 is 15.4 Å². The SMILES string of the molecule is Cc1c(OC(N)=O)ccc(N2CCCC3(CCN(C45CC6CC(C4)C(O)C(C6)C5)C3=O)C2)c1F. The number of primary amides is 1. The van der Waals surface area contributed by atoms with Crippen LogP contribution in [-0.4, -0.2) is 53.3 Å². The number of hydrogen-bond donors (Lipinski definition) is 2. The Balaban J connectivity index is 1.24. The van der Waals surface area contributed by atoms with E-state index >= 15 is 4.39 Å². The van der Waals surface area contributed by atoms with E-state index in [0.29, 0.717) is 36.5 Å². The van der Waals surface area contributed by atoms with E-state index in [4.69, 9.17) is 10.5 Å². The Bertz CT molecular complexity index is 1030. The van der Waals surface area contributed by atoms with Gasteiger partial charge < -0.3 is 25.4 Å². The molecule has 2 heterocycles. The Labute approximate surface area is 199 Å². The number of rotatable bonds is 3. The summed E-state index contributed by atoms with van der Waals surface area (Å²) in [6.45, 7) is 3.53. The molecule has 1 aromatic rings. The first kappa shape index (κ1) is 22.1. The van der Waals surface area contributed by atoms with Crippen molar-refractivity contribution in [2.24, 2.45) is 28.9 Å². The van der Waals surface area contributed by atoms with Crippen molar-refractivity contribution in [3.05, 3.63) is 23.5 Å². The summed E-state index contributed by atoms with van der Waals surface area (Å²) in [5.41, 5.74) is 5.20. The van der Waals surface area contributed by atoms with E-state index in [2.05, 4.69) is 4.90 Å². The fourth-order valence-electron chi connectivity index (χ4n) is 8.39. The Morgan fingerprint density at radius 3 is 2.62 bits per heavy atom. The van der Waals surface area contributed by atoms with Crippen LogP contribution in [0.5, 0.6) is 5.75 Å². The maximum Gasteiger partial charge on any atom is 0.409 e. The van der Waals surface area contributed by atoms with Gasteiger partial charge in [0.1, 0.15) is 5.75 Å². The van der Waals surface area contributed by atoms with E-state index in [9.17, 15) is 14.7 Å². The molecule has 184 valence electrons. The minimum atomic E-state index is -0.971. The summed E-state index contributed by atoms with van der Waals surface area (Å²) in [5, 5.41) is 10.7. The topological polar surface area (TPSA) is 96.1 Å². The molecule has 2 saturated heterocycles. The van der Waals surface area contributed by atoms with Gasteiger partial charge in [0, 0.05) is 30.7 Å². The lowest BCUT2D eigenvalue weighted by atomic mass is 9.51. The number of nitrogens with zero attached hydrogens (tertiary/aromatic N) is 2. The Morgan fingerprint density at radius 1 is 1.18 bits per heavy atom. The summed E-state index contributed by atoms with van der Waals surface area (Å²) < 4.78 is 20.2. The average molecular weight is 472 g/mol. The third kappa shape index (κ3) is 3.17. The number of aliphatic hydroxyl groups excluding tert-OH is 1. The molecular weight excluding hydrogens is 437 g/mol. The fraction of sp³-hybridized carbons (Fsp3) is 0.692. The molecule has 0 radical (unpaired) electrons. The summed E-state index contributed by atoms with van der Waals surface area (Å²) in [5.74, 6) is 1.21. The van der Waals surface area contributed by atoms with Crippen LogP contribution in [0.4, 0.5) is 14.9 Å². The second-order valence-electron chi connectivity index (χ2n) is 11.6. The first-order valence-electron chi connectivity index (χ1n) is 12.7. The molecule has 6 fully saturated rings. The van der Waals surface area contributed by atoms with Crippen LogP contribution in [0.25, 0.3) is 0 Å². The summed E-state index contributed by atoms with van der Waals surface area (Å²) in [7, 11) is 0. The fourth-order valence-corrected chi connectivity index (χ4v) is 8.39. The van der Waals surface area contributed by atoms with Crippen molar-refractivity contribution in [2.75, 3.05) is 24.5 Å². The Morgan fingerprint density at radius 2 is 1.91 bits per heavy atom. The second-order valence-corrected chi connectivity index (χ2v) is 11.6. The minimum Gasteiger partial charge on any atom is -0.410 e. The van der Waals surface area contributed by atoms with Gasteiger partial charge in [0.15, 0.2) is 5.82 Å². The van der Waals surface area contributed by atoms with Crippen molar-refractivity contribution in [1.29, 1.82) is 0 Å². The lowest BCUT2D eigenvalue weighted by molar-refractivity contribution is -0.167. The molecule has 1 aromatic carbocycles.